The Morgan fingerprint density at radius 1 is 1.22 bits per heavy atom. The van der Waals surface area contributed by atoms with Gasteiger partial charge in [0.1, 0.15) is 11.4 Å². The molecule has 0 amide bonds. The van der Waals surface area contributed by atoms with E-state index in [0.717, 1.165) is 24.4 Å². The highest BCUT2D eigenvalue weighted by molar-refractivity contribution is 5.51. The highest BCUT2D eigenvalue weighted by Gasteiger charge is 2.36. The third-order valence-corrected chi connectivity index (χ3v) is 3.60. The second-order valence-corrected chi connectivity index (χ2v) is 4.92. The van der Waals surface area contributed by atoms with E-state index in [-0.39, 0.29) is 5.60 Å². The Kier molecular flexibility index (Phi) is 2.63. The van der Waals surface area contributed by atoms with E-state index < -0.39 is 0 Å². The van der Waals surface area contributed by atoms with Gasteiger partial charge < -0.3 is 14.6 Å². The van der Waals surface area contributed by atoms with E-state index in [1.54, 1.807) is 0 Å². The zero-order chi connectivity index (χ0) is 12.6. The minimum atomic E-state index is -0.263. The van der Waals surface area contributed by atoms with Gasteiger partial charge in [-0.15, -0.1) is 0 Å². The lowest BCUT2D eigenvalue weighted by molar-refractivity contribution is 0.0628. The van der Waals surface area contributed by atoms with Crippen LogP contribution in [0, 0.1) is 0 Å². The molecule has 2 heterocycles. The summed E-state index contributed by atoms with van der Waals surface area (Å²) in [7, 11) is 1.97. The summed E-state index contributed by atoms with van der Waals surface area (Å²) in [5.41, 5.74) is 2.08. The van der Waals surface area contributed by atoms with Crippen molar-refractivity contribution in [3.05, 3.63) is 48.3 Å². The van der Waals surface area contributed by atoms with Crippen LogP contribution in [-0.2, 0) is 5.60 Å². The molecule has 0 saturated heterocycles. The van der Waals surface area contributed by atoms with Gasteiger partial charge in [-0.3, -0.25) is 0 Å². The smallest absolute Gasteiger partial charge is 0.148 e. The SMILES string of the molecule is CNCCC1(C)Oc2ccccc2-n2cccc21. The largest absolute Gasteiger partial charge is 0.479 e. The average Bonchev–Trinajstić information content (AvgIpc) is 2.87. The fraction of sp³-hybridized carbons (Fsp3) is 0.333. The summed E-state index contributed by atoms with van der Waals surface area (Å²) >= 11 is 0. The molecule has 1 N–H and O–H groups in total. The standard InChI is InChI=1S/C15H18N2O/c1-15(9-10-16-2)14-8-5-11-17(14)12-6-3-4-7-13(12)18-15/h3-8,11,16H,9-10H2,1-2H3. The third-order valence-electron chi connectivity index (χ3n) is 3.60. The molecule has 3 nitrogen and oxygen atoms in total. The van der Waals surface area contributed by atoms with Crippen molar-refractivity contribution in [1.29, 1.82) is 0 Å². The van der Waals surface area contributed by atoms with Crippen LogP contribution in [0.1, 0.15) is 19.0 Å². The molecule has 2 aromatic rings. The van der Waals surface area contributed by atoms with Gasteiger partial charge in [0.05, 0.1) is 11.4 Å². The maximum atomic E-state index is 6.25. The number of nitrogens with one attached hydrogen (secondary N) is 1. The van der Waals surface area contributed by atoms with Crippen molar-refractivity contribution in [3.8, 4) is 11.4 Å². The molecule has 1 aliphatic heterocycles. The summed E-state index contributed by atoms with van der Waals surface area (Å²) in [5.74, 6) is 0.958. The maximum Gasteiger partial charge on any atom is 0.148 e. The van der Waals surface area contributed by atoms with Gasteiger partial charge in [-0.1, -0.05) is 12.1 Å². The number of nitrogens with zero attached hydrogens (tertiary/aromatic N) is 1. The number of para-hydroxylation sites is 2. The normalized spacial score (nSPS) is 21.0. The Bertz CT molecular complexity index is 561. The molecule has 1 aliphatic rings. The molecular formula is C15H18N2O. The number of rotatable bonds is 3. The van der Waals surface area contributed by atoms with Gasteiger partial charge in [-0.25, -0.2) is 0 Å². The first kappa shape index (κ1) is 11.4. The Balaban J connectivity index is 2.09. The van der Waals surface area contributed by atoms with E-state index in [4.69, 9.17) is 4.74 Å². The van der Waals surface area contributed by atoms with Crippen molar-refractivity contribution in [1.82, 2.24) is 9.88 Å². The second-order valence-electron chi connectivity index (χ2n) is 4.92. The fourth-order valence-corrected chi connectivity index (χ4v) is 2.60. The molecule has 1 aromatic carbocycles. The molecule has 0 aliphatic carbocycles. The van der Waals surface area contributed by atoms with Crippen molar-refractivity contribution in [2.24, 2.45) is 0 Å². The minimum absolute atomic E-state index is 0.263. The average molecular weight is 242 g/mol. The van der Waals surface area contributed by atoms with Gasteiger partial charge in [0.25, 0.3) is 0 Å². The van der Waals surface area contributed by atoms with Crippen LogP contribution in [0.3, 0.4) is 0 Å². The number of aromatic nitrogens is 1. The van der Waals surface area contributed by atoms with Crippen LogP contribution in [0.4, 0.5) is 0 Å². The molecule has 94 valence electrons. The molecule has 0 fully saturated rings. The third kappa shape index (κ3) is 1.63. The lowest BCUT2D eigenvalue weighted by Gasteiger charge is -2.37. The van der Waals surface area contributed by atoms with Gasteiger partial charge in [0.2, 0.25) is 0 Å². The first-order valence-electron chi connectivity index (χ1n) is 6.35. The molecule has 3 heteroatoms. The van der Waals surface area contributed by atoms with E-state index in [2.05, 4.69) is 41.2 Å². The first-order valence-corrected chi connectivity index (χ1v) is 6.35. The second kappa shape index (κ2) is 4.18. The monoisotopic (exact) mass is 242 g/mol. The molecule has 1 atom stereocenters. The van der Waals surface area contributed by atoms with Crippen molar-refractivity contribution in [3.63, 3.8) is 0 Å². The Hall–Kier alpha value is -1.74. The van der Waals surface area contributed by atoms with E-state index in [1.807, 2.05) is 25.2 Å². The van der Waals surface area contributed by atoms with Crippen LogP contribution in [-0.4, -0.2) is 18.2 Å². The van der Waals surface area contributed by atoms with Crippen molar-refractivity contribution < 1.29 is 4.74 Å². The fourth-order valence-electron chi connectivity index (χ4n) is 2.60. The van der Waals surface area contributed by atoms with E-state index in [1.165, 1.54) is 5.69 Å². The molecule has 0 saturated carbocycles. The summed E-state index contributed by atoms with van der Waals surface area (Å²) < 4.78 is 8.48. The number of ether oxygens (including phenoxy) is 1. The summed E-state index contributed by atoms with van der Waals surface area (Å²) in [5, 5.41) is 3.20. The lowest BCUT2D eigenvalue weighted by atomic mass is 9.95. The molecule has 3 rings (SSSR count). The van der Waals surface area contributed by atoms with Crippen molar-refractivity contribution in [2.75, 3.05) is 13.6 Å². The summed E-state index contributed by atoms with van der Waals surface area (Å²) in [6, 6.07) is 12.4. The Morgan fingerprint density at radius 3 is 2.89 bits per heavy atom. The van der Waals surface area contributed by atoms with Gasteiger partial charge in [0, 0.05) is 12.6 Å². The molecule has 0 radical (unpaired) electrons. The van der Waals surface area contributed by atoms with Crippen LogP contribution in [0.25, 0.3) is 5.69 Å². The zero-order valence-electron chi connectivity index (χ0n) is 10.8. The molecule has 1 unspecified atom stereocenters. The summed E-state index contributed by atoms with van der Waals surface area (Å²) in [4.78, 5) is 0. The topological polar surface area (TPSA) is 26.2 Å². The van der Waals surface area contributed by atoms with Crippen molar-refractivity contribution >= 4 is 0 Å². The van der Waals surface area contributed by atoms with Crippen molar-refractivity contribution in [2.45, 2.75) is 18.9 Å². The highest BCUT2D eigenvalue weighted by atomic mass is 16.5. The van der Waals surface area contributed by atoms with Crippen LogP contribution in [0.2, 0.25) is 0 Å². The van der Waals surface area contributed by atoms with Crippen LogP contribution >= 0.6 is 0 Å². The summed E-state index contributed by atoms with van der Waals surface area (Å²) in [6.45, 7) is 3.09. The highest BCUT2D eigenvalue weighted by Crippen LogP contribution is 2.40. The number of hydrogen-bond acceptors (Lipinski definition) is 2. The molecule has 1 aromatic heterocycles. The zero-order valence-corrected chi connectivity index (χ0v) is 10.8. The molecular weight excluding hydrogens is 224 g/mol. The maximum absolute atomic E-state index is 6.25. The minimum Gasteiger partial charge on any atom is -0.479 e. The van der Waals surface area contributed by atoms with Crippen LogP contribution in [0.5, 0.6) is 5.75 Å². The van der Waals surface area contributed by atoms with E-state index in [9.17, 15) is 0 Å². The van der Waals surface area contributed by atoms with Gasteiger partial charge in [-0.2, -0.15) is 0 Å². The number of benzene rings is 1. The van der Waals surface area contributed by atoms with Crippen LogP contribution < -0.4 is 10.1 Å². The molecule has 0 spiro atoms. The number of hydrogen-bond donors (Lipinski definition) is 1. The van der Waals surface area contributed by atoms with E-state index in [0.29, 0.717) is 0 Å². The lowest BCUT2D eigenvalue weighted by Crippen LogP contribution is -2.37. The Morgan fingerprint density at radius 2 is 2.06 bits per heavy atom. The molecule has 18 heavy (non-hydrogen) atoms. The quantitative estimate of drug-likeness (QED) is 0.895. The predicted octanol–water partition coefficient (Wildman–Crippen LogP) is 2.69. The van der Waals surface area contributed by atoms with Gasteiger partial charge in [0.15, 0.2) is 0 Å². The van der Waals surface area contributed by atoms with Gasteiger partial charge in [-0.05, 0) is 44.8 Å². The number of fused-ring (bicyclic) bond motifs is 3. The Labute approximate surface area is 107 Å². The first-order chi connectivity index (χ1) is 8.74. The van der Waals surface area contributed by atoms with E-state index >= 15 is 0 Å². The predicted molar refractivity (Wildman–Crippen MR) is 72.3 cm³/mol. The van der Waals surface area contributed by atoms with Gasteiger partial charge >= 0.3 is 0 Å². The summed E-state index contributed by atoms with van der Waals surface area (Å²) in [6.07, 6.45) is 3.05. The molecule has 0 bridgehead atoms. The van der Waals surface area contributed by atoms with Crippen LogP contribution in [0.15, 0.2) is 42.6 Å².